The molecule has 0 atom stereocenters. The molecule has 15 heavy (non-hydrogen) atoms. The molecule has 6 nitrogen and oxygen atoms in total. The molecule has 0 spiro atoms. The van der Waals surface area contributed by atoms with E-state index in [9.17, 15) is 4.79 Å². The predicted octanol–water partition coefficient (Wildman–Crippen LogP) is 0.524. The molecule has 2 heterocycles. The topological polar surface area (TPSA) is 65.7 Å². The monoisotopic (exact) mass is 207 g/mol. The van der Waals surface area contributed by atoms with Gasteiger partial charge in [-0.15, -0.1) is 10.2 Å². The first kappa shape index (κ1) is 9.45. The fourth-order valence-corrected chi connectivity index (χ4v) is 1.28. The molecule has 6 heteroatoms. The minimum Gasteiger partial charge on any atom is -0.497 e. The van der Waals surface area contributed by atoms with E-state index in [1.807, 2.05) is 0 Å². The maximum atomic E-state index is 11.4. The summed E-state index contributed by atoms with van der Waals surface area (Å²) in [5.74, 6) is 0.0783. The van der Waals surface area contributed by atoms with Gasteiger partial charge in [-0.25, -0.2) is 4.79 Å². The van der Waals surface area contributed by atoms with Crippen LogP contribution in [0.2, 0.25) is 0 Å². The van der Waals surface area contributed by atoms with Gasteiger partial charge in [0.05, 0.1) is 14.2 Å². The summed E-state index contributed by atoms with van der Waals surface area (Å²) >= 11 is 0. The molecule has 0 radical (unpaired) electrons. The Balaban J connectivity index is 2.68. The van der Waals surface area contributed by atoms with Crippen LogP contribution >= 0.6 is 0 Å². The molecular formula is C9H9N3O3. The van der Waals surface area contributed by atoms with Gasteiger partial charge in [-0.3, -0.25) is 4.40 Å². The average Bonchev–Trinajstić information content (AvgIpc) is 2.74. The molecule has 2 rings (SSSR count). The summed E-state index contributed by atoms with van der Waals surface area (Å²) < 4.78 is 11.2. The molecule has 2 aromatic heterocycles. The molecule has 0 N–H and O–H groups in total. The lowest BCUT2D eigenvalue weighted by molar-refractivity contribution is 0.0592. The van der Waals surface area contributed by atoms with E-state index >= 15 is 0 Å². The van der Waals surface area contributed by atoms with Gasteiger partial charge < -0.3 is 9.47 Å². The van der Waals surface area contributed by atoms with Crippen LogP contribution in [0.25, 0.3) is 5.65 Å². The molecule has 0 aliphatic rings. The van der Waals surface area contributed by atoms with Crippen LogP contribution in [0.5, 0.6) is 5.75 Å². The van der Waals surface area contributed by atoms with E-state index in [1.165, 1.54) is 24.9 Å². The summed E-state index contributed by atoms with van der Waals surface area (Å²) in [5, 5.41) is 7.53. The highest BCUT2D eigenvalue weighted by Crippen LogP contribution is 2.16. The summed E-state index contributed by atoms with van der Waals surface area (Å²) in [5.41, 5.74) is 0.867. The van der Waals surface area contributed by atoms with E-state index < -0.39 is 5.97 Å². The molecule has 2 aromatic rings. The first-order valence-electron chi connectivity index (χ1n) is 4.22. The summed E-state index contributed by atoms with van der Waals surface area (Å²) in [6, 6.07) is 3.25. The molecule has 0 aliphatic heterocycles. The number of carbonyl (C=O) groups is 1. The van der Waals surface area contributed by atoms with Gasteiger partial charge in [-0.2, -0.15) is 0 Å². The first-order chi connectivity index (χ1) is 7.26. The van der Waals surface area contributed by atoms with Crippen LogP contribution in [0.4, 0.5) is 0 Å². The number of pyridine rings is 1. The molecule has 0 bridgehead atoms. The van der Waals surface area contributed by atoms with E-state index in [0.717, 1.165) is 0 Å². The second-order valence-corrected chi connectivity index (χ2v) is 2.83. The van der Waals surface area contributed by atoms with Crippen molar-refractivity contribution in [2.45, 2.75) is 0 Å². The third-order valence-electron chi connectivity index (χ3n) is 2.01. The van der Waals surface area contributed by atoms with Gasteiger partial charge in [0.1, 0.15) is 17.8 Å². The number of nitrogens with zero attached hydrogens (tertiary/aromatic N) is 3. The van der Waals surface area contributed by atoms with Gasteiger partial charge in [0.2, 0.25) is 0 Å². The number of carbonyl (C=O) groups excluding carboxylic acids is 1. The van der Waals surface area contributed by atoms with Crippen LogP contribution in [0.1, 0.15) is 10.5 Å². The zero-order chi connectivity index (χ0) is 10.8. The van der Waals surface area contributed by atoms with E-state index in [4.69, 9.17) is 4.74 Å². The quantitative estimate of drug-likeness (QED) is 0.672. The van der Waals surface area contributed by atoms with Gasteiger partial charge in [-0.05, 0) is 0 Å². The summed E-state index contributed by atoms with van der Waals surface area (Å²) in [7, 11) is 2.83. The zero-order valence-electron chi connectivity index (χ0n) is 8.30. The fraction of sp³-hybridized carbons (Fsp3) is 0.222. The average molecular weight is 207 g/mol. The van der Waals surface area contributed by atoms with Gasteiger partial charge in [0.15, 0.2) is 5.65 Å². The van der Waals surface area contributed by atoms with Crippen LogP contribution in [-0.2, 0) is 4.74 Å². The van der Waals surface area contributed by atoms with Crippen molar-refractivity contribution in [3.63, 3.8) is 0 Å². The summed E-state index contributed by atoms with van der Waals surface area (Å²) in [6.07, 6.45) is 1.45. The van der Waals surface area contributed by atoms with Crippen molar-refractivity contribution in [3.05, 3.63) is 24.2 Å². The number of ether oxygens (including phenoxy) is 2. The van der Waals surface area contributed by atoms with Crippen molar-refractivity contribution in [2.75, 3.05) is 14.2 Å². The molecule has 0 amide bonds. The highest BCUT2D eigenvalue weighted by Gasteiger charge is 2.13. The standard InChI is InChI=1S/C9H9N3O3/c1-14-6-3-7(9(13)15-2)12-5-10-11-8(12)4-6/h3-5H,1-2H3. The van der Waals surface area contributed by atoms with Crippen molar-refractivity contribution in [2.24, 2.45) is 0 Å². The van der Waals surface area contributed by atoms with Gasteiger partial charge in [0.25, 0.3) is 0 Å². The van der Waals surface area contributed by atoms with Gasteiger partial charge >= 0.3 is 5.97 Å². The van der Waals surface area contributed by atoms with Crippen LogP contribution in [0.15, 0.2) is 18.5 Å². The zero-order valence-corrected chi connectivity index (χ0v) is 8.30. The van der Waals surface area contributed by atoms with Gasteiger partial charge in [0, 0.05) is 12.1 Å². The Morgan fingerprint density at radius 2 is 2.20 bits per heavy atom. The number of rotatable bonds is 2. The molecule has 78 valence electrons. The van der Waals surface area contributed by atoms with E-state index in [-0.39, 0.29) is 0 Å². The highest BCUT2D eigenvalue weighted by atomic mass is 16.5. The van der Waals surface area contributed by atoms with Crippen molar-refractivity contribution in [1.82, 2.24) is 14.6 Å². The number of esters is 1. The molecule has 0 saturated heterocycles. The van der Waals surface area contributed by atoms with Gasteiger partial charge in [-0.1, -0.05) is 0 Å². The minimum absolute atomic E-state index is 0.330. The Kier molecular flexibility index (Phi) is 2.24. The summed E-state index contributed by atoms with van der Waals surface area (Å²) in [4.78, 5) is 11.4. The minimum atomic E-state index is -0.460. The van der Waals surface area contributed by atoms with Crippen LogP contribution in [0, 0.1) is 0 Å². The van der Waals surface area contributed by atoms with Crippen LogP contribution in [0.3, 0.4) is 0 Å². The van der Waals surface area contributed by atoms with Crippen molar-refractivity contribution in [1.29, 1.82) is 0 Å². The molecule has 0 aromatic carbocycles. The van der Waals surface area contributed by atoms with Crippen LogP contribution < -0.4 is 4.74 Å². The van der Waals surface area contributed by atoms with Crippen molar-refractivity contribution < 1.29 is 14.3 Å². The largest absolute Gasteiger partial charge is 0.497 e. The fourth-order valence-electron chi connectivity index (χ4n) is 1.28. The number of fused-ring (bicyclic) bond motifs is 1. The van der Waals surface area contributed by atoms with E-state index in [0.29, 0.717) is 17.1 Å². The number of hydrogen-bond donors (Lipinski definition) is 0. The number of methoxy groups -OCH3 is 2. The lowest BCUT2D eigenvalue weighted by Gasteiger charge is -2.05. The Morgan fingerprint density at radius 3 is 2.87 bits per heavy atom. The van der Waals surface area contributed by atoms with Crippen LogP contribution in [-0.4, -0.2) is 34.8 Å². The maximum Gasteiger partial charge on any atom is 0.355 e. The normalized spacial score (nSPS) is 10.3. The lowest BCUT2D eigenvalue weighted by Crippen LogP contribution is -2.07. The maximum absolute atomic E-state index is 11.4. The summed E-state index contributed by atoms with van der Waals surface area (Å²) in [6.45, 7) is 0. The third-order valence-corrected chi connectivity index (χ3v) is 2.01. The Morgan fingerprint density at radius 1 is 1.40 bits per heavy atom. The molecule has 0 aliphatic carbocycles. The Labute approximate surface area is 85.4 Å². The van der Waals surface area contributed by atoms with Crippen molar-refractivity contribution >= 4 is 11.6 Å². The second kappa shape index (κ2) is 3.56. The SMILES string of the molecule is COC(=O)c1cc(OC)cc2nncn12. The second-order valence-electron chi connectivity index (χ2n) is 2.83. The Hall–Kier alpha value is -2.11. The lowest BCUT2D eigenvalue weighted by atomic mass is 10.3. The smallest absolute Gasteiger partial charge is 0.355 e. The van der Waals surface area contributed by atoms with E-state index in [1.54, 1.807) is 12.1 Å². The molecular weight excluding hydrogens is 198 g/mol. The van der Waals surface area contributed by atoms with E-state index in [2.05, 4.69) is 14.9 Å². The third kappa shape index (κ3) is 1.50. The number of aromatic nitrogens is 3. The predicted molar refractivity (Wildman–Crippen MR) is 50.9 cm³/mol. The Bertz CT molecular complexity index is 506. The molecule has 0 fully saturated rings. The molecule has 0 saturated carbocycles. The highest BCUT2D eigenvalue weighted by molar-refractivity contribution is 5.88. The first-order valence-corrected chi connectivity index (χ1v) is 4.22. The number of hydrogen-bond acceptors (Lipinski definition) is 5. The van der Waals surface area contributed by atoms with Crippen molar-refractivity contribution in [3.8, 4) is 5.75 Å². The molecule has 0 unspecified atom stereocenters.